The van der Waals surface area contributed by atoms with Crippen LogP contribution in [0.15, 0.2) is 5.11 Å². The van der Waals surface area contributed by atoms with Crippen LogP contribution in [0.3, 0.4) is 0 Å². The second kappa shape index (κ2) is 12.3. The van der Waals surface area contributed by atoms with Crippen LogP contribution < -0.4 is 5.73 Å². The van der Waals surface area contributed by atoms with Crippen molar-refractivity contribution in [3.8, 4) is 0 Å². The van der Waals surface area contributed by atoms with Gasteiger partial charge in [0.25, 0.3) is 0 Å². The van der Waals surface area contributed by atoms with Crippen LogP contribution in [0.5, 0.6) is 0 Å². The molecule has 0 rings (SSSR count). The number of hydrogen-bond acceptors (Lipinski definition) is 4. The highest BCUT2D eigenvalue weighted by Crippen LogP contribution is 2.37. The highest BCUT2D eigenvalue weighted by atomic mass is 28.4. The first-order chi connectivity index (χ1) is 18.5. The van der Waals surface area contributed by atoms with E-state index in [0.29, 0.717) is 0 Å². The first-order valence-corrected chi connectivity index (χ1v) is 14.5. The van der Waals surface area contributed by atoms with Gasteiger partial charge in [-0.05, 0) is 54.5 Å². The van der Waals surface area contributed by atoms with Gasteiger partial charge in [0.05, 0.1) is 11.5 Å². The zero-order chi connectivity index (χ0) is 36.8. The van der Waals surface area contributed by atoms with Crippen molar-refractivity contribution in [3.05, 3.63) is 10.4 Å². The van der Waals surface area contributed by atoms with Crippen molar-refractivity contribution < 1.29 is 30.8 Å². The minimum atomic E-state index is -3.46. The van der Waals surface area contributed by atoms with Gasteiger partial charge in [0.15, 0.2) is 16.6 Å². The van der Waals surface area contributed by atoms with Gasteiger partial charge in [-0.3, -0.25) is 0 Å². The first kappa shape index (κ1) is 11.3. The van der Waals surface area contributed by atoms with E-state index in [2.05, 4.69) is 10.0 Å². The monoisotopic (exact) mass is 448 g/mol. The lowest BCUT2D eigenvalue weighted by atomic mass is 10.2. The molecule has 2 atom stereocenters. The molecule has 0 aromatic heterocycles. The average molecular weight is 449 g/mol. The molecule has 0 aromatic carbocycles. The summed E-state index contributed by atoms with van der Waals surface area (Å²) in [6, 6.07) is -6.41. The molecule has 0 fully saturated rings. The van der Waals surface area contributed by atoms with Crippen LogP contribution in [-0.4, -0.2) is 41.8 Å². The average Bonchev–Trinajstić information content (AvgIpc) is 2.69. The summed E-state index contributed by atoms with van der Waals surface area (Å²) in [4.78, 5) is 2.29. The van der Waals surface area contributed by atoms with Gasteiger partial charge in [0.1, 0.15) is 0 Å². The number of rotatable bonds is 9. The third-order valence-corrected chi connectivity index (χ3v) is 13.3. The van der Waals surface area contributed by atoms with Crippen molar-refractivity contribution in [2.75, 3.05) is 13.1 Å². The Bertz CT molecular complexity index is 1040. The van der Waals surface area contributed by atoms with Gasteiger partial charge in [0.2, 0.25) is 0 Å². The highest BCUT2D eigenvalue weighted by Gasteiger charge is 2.38. The topological polar surface area (TPSA) is 93.2 Å². The molecular weight excluding hydrogens is 384 g/mol. The van der Waals surface area contributed by atoms with E-state index in [1.807, 2.05) is 20.8 Å². The Morgan fingerprint density at radius 3 is 1.79 bits per heavy atom. The van der Waals surface area contributed by atoms with Gasteiger partial charge in [-0.2, -0.15) is 0 Å². The van der Waals surface area contributed by atoms with Gasteiger partial charge >= 0.3 is 0 Å². The maximum Gasteiger partial charge on any atom is 0.192 e. The summed E-state index contributed by atoms with van der Waals surface area (Å²) in [7, 11) is -5.56. The van der Waals surface area contributed by atoms with Crippen molar-refractivity contribution in [2.24, 2.45) is 10.8 Å². The number of azide groups is 1. The number of nitrogens with two attached hydrogens (primary N) is 1. The van der Waals surface area contributed by atoms with E-state index < -0.39 is 78.3 Å². The Morgan fingerprint density at radius 2 is 1.43 bits per heavy atom. The summed E-state index contributed by atoms with van der Waals surface area (Å²) in [6.45, 7) is 4.96. The summed E-state index contributed by atoms with van der Waals surface area (Å²) < 4.78 is 132. The molecule has 8 heteroatoms. The number of nitrogens with zero attached hydrogens (tertiary/aromatic N) is 3. The fourth-order valence-corrected chi connectivity index (χ4v) is 2.14. The van der Waals surface area contributed by atoms with E-state index in [1.165, 1.54) is 0 Å². The minimum Gasteiger partial charge on any atom is -0.416 e. The molecular formula is C20H48N4O2Si2. The van der Waals surface area contributed by atoms with Gasteiger partial charge in [0, 0.05) is 40.5 Å². The fraction of sp³-hybridized carbons (Fsp3) is 1.00. The fourth-order valence-electron chi connectivity index (χ4n) is 0.806. The minimum absolute atomic E-state index is 0.400. The maximum absolute atomic E-state index is 8.63. The zero-order valence-corrected chi connectivity index (χ0v) is 20.7. The zero-order valence-electron chi connectivity index (χ0n) is 34.7. The molecule has 0 saturated heterocycles. The standard InChI is InChI=1S/C10H23N3OSi.C10H25NOSi/c1-7-9(12-13-11)8-14-15(5,6)10(2,3)4;1-7-9(11)8-12-13(5,6)10(2,3)4/h9H,7-8H2,1-6H3;9H,7-8,11H2,1-6H3/t2*9-/m00/s1/i2*1D3,7D2,8D2,9D. The van der Waals surface area contributed by atoms with E-state index in [0.717, 1.165) is 0 Å². The molecule has 0 aliphatic heterocycles. The summed E-state index contributed by atoms with van der Waals surface area (Å²) in [5.41, 5.74) is 14.1. The molecule has 0 spiro atoms. The first-order valence-electron chi connectivity index (χ1n) is 16.7. The second-order valence-electron chi connectivity index (χ2n) is 9.13. The summed E-state index contributed by atoms with van der Waals surface area (Å²) in [5, 5.41) is 1.99. The predicted molar refractivity (Wildman–Crippen MR) is 128 cm³/mol. The Morgan fingerprint density at radius 1 is 1.00 bits per heavy atom. The van der Waals surface area contributed by atoms with Crippen LogP contribution in [-0.2, 0) is 8.85 Å². The number of hydrogen-bond donors (Lipinski definition) is 1. The van der Waals surface area contributed by atoms with Crippen LogP contribution in [0.2, 0.25) is 36.3 Å². The van der Waals surface area contributed by atoms with Gasteiger partial charge in [-0.1, -0.05) is 60.4 Å². The Labute approximate surface area is 199 Å². The highest BCUT2D eigenvalue weighted by molar-refractivity contribution is 6.74. The van der Waals surface area contributed by atoms with E-state index in [9.17, 15) is 0 Å². The Balaban J connectivity index is 0. The van der Waals surface area contributed by atoms with Crippen molar-refractivity contribution in [1.82, 2.24) is 0 Å². The predicted octanol–water partition coefficient (Wildman–Crippen LogP) is 6.84. The molecule has 6 nitrogen and oxygen atoms in total. The third kappa shape index (κ3) is 11.6. The van der Waals surface area contributed by atoms with Crippen LogP contribution >= 0.6 is 0 Å². The SMILES string of the molecule is [2H]C([2H])([2H])C([2H])([2H])[C@]([2H])(N)C([2H])([2H])O[Si](C)(C)C(C)(C)C.[2H]C([2H])([2H])C([2H])([2H])[C@]([2H])(N=[N+]=[N-])C([2H])([2H])O[Si](C)(C)C(C)(C)C. The molecule has 0 saturated carbocycles. The molecule has 0 aliphatic carbocycles. The smallest absolute Gasteiger partial charge is 0.192 e. The molecule has 0 aromatic rings. The lowest BCUT2D eigenvalue weighted by Crippen LogP contribution is -2.43. The molecule has 0 amide bonds. The van der Waals surface area contributed by atoms with Crippen LogP contribution in [0.1, 0.15) is 89.9 Å². The summed E-state index contributed by atoms with van der Waals surface area (Å²) in [6.07, 6.45) is -6.73. The molecule has 168 valence electrons. The molecule has 28 heavy (non-hydrogen) atoms. The largest absolute Gasteiger partial charge is 0.416 e. The van der Waals surface area contributed by atoms with E-state index in [-0.39, 0.29) is 0 Å². The van der Waals surface area contributed by atoms with E-state index in [4.69, 9.17) is 42.0 Å². The van der Waals surface area contributed by atoms with Crippen molar-refractivity contribution in [1.29, 1.82) is 0 Å². The molecule has 0 bridgehead atoms. The molecule has 0 aliphatic rings. The van der Waals surface area contributed by atoms with E-state index in [1.54, 1.807) is 47.0 Å². The molecule has 0 radical (unpaired) electrons. The normalized spacial score (nSPS) is 28.8. The van der Waals surface area contributed by atoms with E-state index >= 15 is 0 Å². The molecule has 0 unspecified atom stereocenters. The van der Waals surface area contributed by atoms with Gasteiger partial charge in [-0.25, -0.2) is 0 Å². The lowest BCUT2D eigenvalue weighted by molar-refractivity contribution is 0.260. The van der Waals surface area contributed by atoms with Gasteiger partial charge < -0.3 is 14.6 Å². The Hall–Kier alpha value is -0.376. The van der Waals surface area contributed by atoms with Gasteiger partial charge in [-0.15, -0.1) is 0 Å². The summed E-state index contributed by atoms with van der Waals surface area (Å²) in [5.74, 6) is 0. The van der Waals surface area contributed by atoms with Crippen molar-refractivity contribution >= 4 is 16.6 Å². The quantitative estimate of drug-likeness (QED) is 0.181. The van der Waals surface area contributed by atoms with Crippen molar-refractivity contribution in [3.63, 3.8) is 0 Å². The Kier molecular flexibility index (Phi) is 4.98. The van der Waals surface area contributed by atoms with Crippen LogP contribution in [0, 0.1) is 0 Å². The molecule has 0 heterocycles. The second-order valence-corrected chi connectivity index (χ2v) is 18.6. The maximum atomic E-state index is 8.63. The third-order valence-electron chi connectivity index (χ3n) is 4.83. The lowest BCUT2D eigenvalue weighted by Gasteiger charge is -2.36. The summed E-state index contributed by atoms with van der Waals surface area (Å²) >= 11 is 0. The van der Waals surface area contributed by atoms with Crippen LogP contribution in [0.4, 0.5) is 0 Å². The van der Waals surface area contributed by atoms with Crippen LogP contribution in [0.25, 0.3) is 10.4 Å². The molecule has 2 N–H and O–H groups in total. The van der Waals surface area contributed by atoms with Crippen molar-refractivity contribution in [2.45, 2.75) is 116 Å².